The van der Waals surface area contributed by atoms with Gasteiger partial charge in [-0.25, -0.2) is 4.79 Å². The molecule has 1 aliphatic heterocycles. The molecule has 6 atom stereocenters. The molecule has 1 heterocycles. The topological polar surface area (TPSA) is 92.8 Å². The van der Waals surface area contributed by atoms with E-state index < -0.39 is 30.3 Å². The third-order valence-electron chi connectivity index (χ3n) is 7.38. The summed E-state index contributed by atoms with van der Waals surface area (Å²) < 4.78 is 6.10. The third kappa shape index (κ3) is 4.23. The molecule has 3 amide bonds. The first-order valence-electron chi connectivity index (χ1n) is 11.7. The van der Waals surface area contributed by atoms with Gasteiger partial charge in [-0.15, -0.1) is 23.2 Å². The van der Waals surface area contributed by atoms with Gasteiger partial charge < -0.3 is 10.1 Å². The molecule has 2 aromatic rings. The van der Waals surface area contributed by atoms with Crippen LogP contribution in [0.4, 0.5) is 11.4 Å². The third-order valence-corrected chi connectivity index (χ3v) is 9.20. The number of esters is 1. The molecule has 1 N–H and O–H groups in total. The summed E-state index contributed by atoms with van der Waals surface area (Å²) in [5.74, 6) is -3.05. The molecule has 0 unspecified atom stereocenters. The molecule has 0 aromatic heterocycles. The number of halogens is 3. The maximum absolute atomic E-state index is 13.2. The number of nitrogens with one attached hydrogen (secondary N) is 1. The van der Waals surface area contributed by atoms with Crippen LogP contribution < -0.4 is 10.2 Å². The number of amides is 3. The van der Waals surface area contributed by atoms with Crippen LogP contribution in [0.5, 0.6) is 0 Å². The second-order valence-electron chi connectivity index (χ2n) is 9.35. The number of rotatable bonds is 6. The van der Waals surface area contributed by atoms with E-state index in [2.05, 4.69) is 21.2 Å². The molecule has 2 aromatic carbocycles. The largest absolute Gasteiger partial charge is 0.452 e. The average molecular weight is 594 g/mol. The number of aryl methyl sites for hydroxylation is 1. The zero-order chi connectivity index (χ0) is 25.7. The predicted molar refractivity (Wildman–Crippen MR) is 139 cm³/mol. The van der Waals surface area contributed by atoms with Crippen molar-refractivity contribution in [1.29, 1.82) is 0 Å². The molecular weight excluding hydrogens is 571 g/mol. The van der Waals surface area contributed by atoms with Gasteiger partial charge in [-0.3, -0.25) is 19.3 Å². The standard InChI is InChI=1S/C26H23BrCl2N2O5/c1-2-12-8-14(27)6-7-18(12)30-19(32)11-36-26(35)13-4-3-5-15(9-13)31-24(33)20-16-10-17(21(20)25(31)34)23(29)22(16)28/h3-9,16-17,20-23H,2,10-11H2,1H3,(H,30,32)/t16-,17-,20-,21-,22+,23+/m1/s1. The molecule has 1 saturated heterocycles. The van der Waals surface area contributed by atoms with Crippen molar-refractivity contribution in [2.45, 2.75) is 30.5 Å². The zero-order valence-electron chi connectivity index (χ0n) is 19.2. The summed E-state index contributed by atoms with van der Waals surface area (Å²) >= 11 is 16.3. The number of nitrogens with zero attached hydrogens (tertiary/aromatic N) is 1. The van der Waals surface area contributed by atoms with Crippen LogP contribution >= 0.6 is 39.1 Å². The van der Waals surface area contributed by atoms with E-state index in [1.165, 1.54) is 12.1 Å². The van der Waals surface area contributed by atoms with Crippen molar-refractivity contribution >= 4 is 74.2 Å². The molecule has 36 heavy (non-hydrogen) atoms. The Morgan fingerprint density at radius 3 is 2.36 bits per heavy atom. The number of imide groups is 1. The fourth-order valence-electron chi connectivity index (χ4n) is 5.75. The monoisotopic (exact) mass is 592 g/mol. The Hall–Kier alpha value is -2.42. The fourth-order valence-corrected chi connectivity index (χ4v) is 7.05. The Labute approximate surface area is 226 Å². The van der Waals surface area contributed by atoms with Crippen LogP contribution in [0.25, 0.3) is 0 Å². The SMILES string of the molecule is CCc1cc(Br)ccc1NC(=O)COC(=O)c1cccc(N2C(=O)[C@@H]3[C@H]4C[C@@H]([C@H](Cl)[C@H]4Cl)[C@H]3C2=O)c1. The molecule has 2 saturated carbocycles. The number of fused-ring (bicyclic) bond motifs is 5. The van der Waals surface area contributed by atoms with Crippen molar-refractivity contribution < 1.29 is 23.9 Å². The molecule has 188 valence electrons. The number of ether oxygens (including phenoxy) is 1. The van der Waals surface area contributed by atoms with Crippen molar-refractivity contribution in [2.75, 3.05) is 16.8 Å². The summed E-state index contributed by atoms with van der Waals surface area (Å²) in [5.41, 5.74) is 2.00. The second kappa shape index (κ2) is 9.80. The van der Waals surface area contributed by atoms with Gasteiger partial charge in [0.05, 0.1) is 33.8 Å². The number of carbonyl (C=O) groups excluding carboxylic acids is 4. The Morgan fingerprint density at radius 2 is 1.72 bits per heavy atom. The number of benzene rings is 2. The molecule has 3 aliphatic rings. The van der Waals surface area contributed by atoms with Crippen LogP contribution in [0.15, 0.2) is 46.9 Å². The molecule has 2 aliphatic carbocycles. The summed E-state index contributed by atoms with van der Waals surface area (Å²) in [5, 5.41) is 2.07. The lowest BCUT2D eigenvalue weighted by Gasteiger charge is -2.28. The normalized spacial score (nSPS) is 28.4. The first kappa shape index (κ1) is 25.2. The van der Waals surface area contributed by atoms with Crippen molar-refractivity contribution in [3.63, 3.8) is 0 Å². The van der Waals surface area contributed by atoms with Gasteiger partial charge in [-0.05, 0) is 66.6 Å². The Kier molecular flexibility index (Phi) is 6.87. The van der Waals surface area contributed by atoms with E-state index >= 15 is 0 Å². The molecule has 2 bridgehead atoms. The first-order valence-corrected chi connectivity index (χ1v) is 13.4. The van der Waals surface area contributed by atoms with E-state index in [9.17, 15) is 19.2 Å². The molecule has 0 spiro atoms. The molecule has 7 nitrogen and oxygen atoms in total. The molecule has 3 fully saturated rings. The lowest BCUT2D eigenvalue weighted by atomic mass is 9.80. The molecular formula is C26H23BrCl2N2O5. The number of hydrogen-bond donors (Lipinski definition) is 1. The van der Waals surface area contributed by atoms with Crippen LogP contribution in [-0.4, -0.2) is 41.1 Å². The smallest absolute Gasteiger partial charge is 0.338 e. The van der Waals surface area contributed by atoms with Gasteiger partial charge in [0.25, 0.3) is 5.91 Å². The molecule has 5 rings (SSSR count). The highest BCUT2D eigenvalue weighted by atomic mass is 79.9. The van der Waals surface area contributed by atoms with Crippen LogP contribution in [-0.2, 0) is 25.5 Å². The van der Waals surface area contributed by atoms with E-state index in [4.69, 9.17) is 27.9 Å². The first-order chi connectivity index (χ1) is 17.2. The maximum Gasteiger partial charge on any atom is 0.338 e. The minimum atomic E-state index is -0.737. The van der Waals surface area contributed by atoms with Crippen molar-refractivity contribution in [3.05, 3.63) is 58.1 Å². The Bertz CT molecular complexity index is 1240. The minimum Gasteiger partial charge on any atom is -0.452 e. The van der Waals surface area contributed by atoms with Gasteiger partial charge in [0, 0.05) is 10.2 Å². The van der Waals surface area contributed by atoms with Crippen LogP contribution in [0.2, 0.25) is 0 Å². The number of carbonyl (C=O) groups is 4. The van der Waals surface area contributed by atoms with Gasteiger partial charge in [0.1, 0.15) is 0 Å². The van der Waals surface area contributed by atoms with Gasteiger partial charge in [0.15, 0.2) is 6.61 Å². The highest BCUT2D eigenvalue weighted by molar-refractivity contribution is 9.10. The van der Waals surface area contributed by atoms with E-state index in [1.54, 1.807) is 18.2 Å². The predicted octanol–water partition coefficient (Wildman–Crippen LogP) is 4.78. The highest BCUT2D eigenvalue weighted by Crippen LogP contribution is 2.59. The van der Waals surface area contributed by atoms with Crippen molar-refractivity contribution in [2.24, 2.45) is 23.7 Å². The second-order valence-corrected chi connectivity index (χ2v) is 11.3. The van der Waals surface area contributed by atoms with Crippen LogP contribution in [0, 0.1) is 23.7 Å². The summed E-state index contributed by atoms with van der Waals surface area (Å²) in [7, 11) is 0. The van der Waals surface area contributed by atoms with Crippen LogP contribution in [0.3, 0.4) is 0 Å². The van der Waals surface area contributed by atoms with Crippen molar-refractivity contribution in [1.82, 2.24) is 0 Å². The fraction of sp³-hybridized carbons (Fsp3) is 0.385. The average Bonchev–Trinajstić information content (AvgIpc) is 3.48. The van der Waals surface area contributed by atoms with E-state index in [1.807, 2.05) is 19.1 Å². The van der Waals surface area contributed by atoms with E-state index in [0.29, 0.717) is 12.1 Å². The summed E-state index contributed by atoms with van der Waals surface area (Å²) in [6.07, 6.45) is 1.40. The quantitative estimate of drug-likeness (QED) is 0.296. The summed E-state index contributed by atoms with van der Waals surface area (Å²) in [4.78, 5) is 52.6. The van der Waals surface area contributed by atoms with Gasteiger partial charge in [0.2, 0.25) is 11.8 Å². The Balaban J connectivity index is 1.26. The Morgan fingerprint density at radius 1 is 1.06 bits per heavy atom. The van der Waals surface area contributed by atoms with Gasteiger partial charge in [-0.1, -0.05) is 28.9 Å². The highest BCUT2D eigenvalue weighted by Gasteiger charge is 2.66. The number of anilines is 2. The zero-order valence-corrected chi connectivity index (χ0v) is 22.3. The summed E-state index contributed by atoms with van der Waals surface area (Å²) in [6.45, 7) is 1.49. The van der Waals surface area contributed by atoms with E-state index in [0.717, 1.165) is 21.4 Å². The maximum atomic E-state index is 13.2. The molecule has 0 radical (unpaired) electrons. The van der Waals surface area contributed by atoms with Crippen molar-refractivity contribution in [3.8, 4) is 0 Å². The van der Waals surface area contributed by atoms with Crippen LogP contribution in [0.1, 0.15) is 29.3 Å². The van der Waals surface area contributed by atoms with Gasteiger partial charge >= 0.3 is 5.97 Å². The minimum absolute atomic E-state index is 0.128. The lowest BCUT2D eigenvalue weighted by molar-refractivity contribution is -0.123. The van der Waals surface area contributed by atoms with Gasteiger partial charge in [-0.2, -0.15) is 0 Å². The van der Waals surface area contributed by atoms with E-state index in [-0.39, 0.29) is 45.7 Å². The number of hydrogen-bond acceptors (Lipinski definition) is 5. The number of alkyl halides is 2. The molecule has 10 heteroatoms. The lowest BCUT2D eigenvalue weighted by Crippen LogP contribution is -2.37. The summed E-state index contributed by atoms with van der Waals surface area (Å²) in [6, 6.07) is 11.6.